The normalized spacial score (nSPS) is 23.4. The summed E-state index contributed by atoms with van der Waals surface area (Å²) in [6.07, 6.45) is 7.93. The Balaban J connectivity index is 0.772. The van der Waals surface area contributed by atoms with E-state index in [1.54, 1.807) is 30.3 Å². The highest BCUT2D eigenvalue weighted by Crippen LogP contribution is 2.37. The molecule has 13 heteroatoms. The maximum atomic E-state index is 13.3. The van der Waals surface area contributed by atoms with Crippen molar-refractivity contribution >= 4 is 52.5 Å². The van der Waals surface area contributed by atoms with Crippen LogP contribution in [0.4, 0.5) is 11.4 Å². The Morgan fingerprint density at radius 1 is 0.750 bits per heavy atom. The molecule has 8 rings (SSSR count). The molecule has 290 valence electrons. The number of benzene rings is 3. The average Bonchev–Trinajstić information content (AvgIpc) is 3.46. The first-order valence-electron chi connectivity index (χ1n) is 19.8. The molecule has 0 radical (unpaired) electrons. The van der Waals surface area contributed by atoms with E-state index in [0.29, 0.717) is 44.9 Å². The van der Waals surface area contributed by atoms with Crippen LogP contribution < -0.4 is 25.2 Å². The number of nitriles is 1. The summed E-state index contributed by atoms with van der Waals surface area (Å²) in [5, 5.41) is 14.9. The molecule has 5 amide bonds. The lowest BCUT2D eigenvalue weighted by Gasteiger charge is -2.41. The molecule has 1 unspecified atom stereocenters. The van der Waals surface area contributed by atoms with E-state index in [2.05, 4.69) is 38.6 Å². The number of hydrogen-bond acceptors (Lipinski definition) is 9. The number of carbonyl (C=O) groups is 5. The number of ether oxygens (including phenoxy) is 1. The van der Waals surface area contributed by atoms with Crippen LogP contribution in [0.25, 0.3) is 0 Å². The smallest absolute Gasteiger partial charge is 0.262 e. The van der Waals surface area contributed by atoms with E-state index in [1.165, 1.54) is 0 Å². The zero-order valence-corrected chi connectivity index (χ0v) is 31.9. The molecule has 3 aromatic rings. The molecule has 1 aliphatic carbocycles. The van der Waals surface area contributed by atoms with Gasteiger partial charge >= 0.3 is 0 Å². The van der Waals surface area contributed by atoms with Crippen molar-refractivity contribution in [1.29, 1.82) is 5.26 Å². The van der Waals surface area contributed by atoms with Crippen LogP contribution in [0.5, 0.6) is 5.75 Å². The van der Waals surface area contributed by atoms with Gasteiger partial charge in [0.25, 0.3) is 17.7 Å². The average molecular weight is 777 g/mol. The number of hydrogen-bond donors (Lipinski definition) is 2. The standard InChI is InChI=1S/C43H45ClN6O6/c44-37-24-34(9-3-29(37)25-45)56-33-10-4-30(5-11-33)46-40(52)28-1-6-31(7-2-28)48-19-15-26(16-20-48)27-17-21-49(22-18-27)32-8-12-35-36(23-32)43(55)50(42(35)54)38-13-14-39(51)47-41(38)53/h1-3,6-9,12,23-24,26-27,30,33,38H,4-5,10-11,13-22H2,(H,46,52)(H,47,51,53). The quantitative estimate of drug-likeness (QED) is 0.268. The lowest BCUT2D eigenvalue weighted by Crippen LogP contribution is -2.54. The van der Waals surface area contributed by atoms with Gasteiger partial charge in [-0.1, -0.05) is 11.6 Å². The lowest BCUT2D eigenvalue weighted by atomic mass is 9.78. The van der Waals surface area contributed by atoms with Gasteiger partial charge in [-0.25, -0.2) is 0 Å². The number of carbonyl (C=O) groups excluding carboxylic acids is 5. The molecule has 4 fully saturated rings. The Morgan fingerprint density at radius 2 is 1.38 bits per heavy atom. The van der Waals surface area contributed by atoms with Gasteiger partial charge in [-0.05, 0) is 124 Å². The second-order valence-corrected chi connectivity index (χ2v) is 16.1. The number of amides is 5. The first-order chi connectivity index (χ1) is 27.1. The first kappa shape index (κ1) is 37.5. The fourth-order valence-corrected chi connectivity index (χ4v) is 9.40. The van der Waals surface area contributed by atoms with Gasteiger partial charge in [-0.3, -0.25) is 34.2 Å². The SMILES string of the molecule is N#Cc1ccc(OC2CCC(NC(=O)c3ccc(N4CCC(C5CCN(c6ccc7c(c6)C(=O)N(C6CCC(=O)NC6=O)C7=O)CC5)CC4)cc3)CC2)cc1Cl. The number of nitrogens with zero attached hydrogens (tertiary/aromatic N) is 4. The third kappa shape index (κ3) is 7.69. The number of rotatable bonds is 8. The largest absolute Gasteiger partial charge is 0.490 e. The van der Waals surface area contributed by atoms with Gasteiger partial charge in [-0.15, -0.1) is 0 Å². The van der Waals surface area contributed by atoms with Crippen molar-refractivity contribution in [2.45, 2.75) is 82.4 Å². The van der Waals surface area contributed by atoms with Crippen LogP contribution in [0.1, 0.15) is 101 Å². The van der Waals surface area contributed by atoms with Crippen LogP contribution in [0, 0.1) is 23.2 Å². The Labute approximate surface area is 331 Å². The zero-order valence-electron chi connectivity index (χ0n) is 31.2. The van der Waals surface area contributed by atoms with Crippen LogP contribution in [0.15, 0.2) is 60.7 Å². The minimum Gasteiger partial charge on any atom is -0.490 e. The second-order valence-electron chi connectivity index (χ2n) is 15.7. The van der Waals surface area contributed by atoms with Crippen molar-refractivity contribution in [3.05, 3.63) is 87.9 Å². The predicted octanol–water partition coefficient (Wildman–Crippen LogP) is 5.87. The number of halogens is 1. The van der Waals surface area contributed by atoms with E-state index < -0.39 is 23.8 Å². The lowest BCUT2D eigenvalue weighted by molar-refractivity contribution is -0.136. The fourth-order valence-electron chi connectivity index (χ4n) is 9.18. The second kappa shape index (κ2) is 16.0. The van der Waals surface area contributed by atoms with Gasteiger partial charge in [0.15, 0.2) is 0 Å². The van der Waals surface area contributed by atoms with E-state index in [-0.39, 0.29) is 36.8 Å². The van der Waals surface area contributed by atoms with Crippen LogP contribution >= 0.6 is 11.6 Å². The molecule has 1 saturated carbocycles. The third-order valence-corrected chi connectivity index (χ3v) is 12.7. The minimum absolute atomic E-state index is 0.0453. The van der Waals surface area contributed by atoms with E-state index in [0.717, 1.165) is 93.8 Å². The van der Waals surface area contributed by atoms with Crippen molar-refractivity contribution in [3.63, 3.8) is 0 Å². The number of anilines is 2. The monoisotopic (exact) mass is 776 g/mol. The van der Waals surface area contributed by atoms with Crippen molar-refractivity contribution in [3.8, 4) is 11.8 Å². The van der Waals surface area contributed by atoms with E-state index in [4.69, 9.17) is 21.6 Å². The van der Waals surface area contributed by atoms with Gasteiger partial charge in [0.1, 0.15) is 17.9 Å². The van der Waals surface area contributed by atoms with E-state index in [1.807, 2.05) is 18.2 Å². The maximum absolute atomic E-state index is 13.3. The Kier molecular flexibility index (Phi) is 10.7. The number of fused-ring (bicyclic) bond motifs is 1. The Hall–Kier alpha value is -5.41. The summed E-state index contributed by atoms with van der Waals surface area (Å²) in [6.45, 7) is 3.69. The maximum Gasteiger partial charge on any atom is 0.262 e. The van der Waals surface area contributed by atoms with Crippen molar-refractivity contribution in [2.75, 3.05) is 36.0 Å². The highest BCUT2D eigenvalue weighted by atomic mass is 35.5. The molecule has 3 aromatic carbocycles. The fraction of sp³-hybridized carbons (Fsp3) is 0.442. The molecular formula is C43H45ClN6O6. The third-order valence-electron chi connectivity index (χ3n) is 12.4. The summed E-state index contributed by atoms with van der Waals surface area (Å²) in [5.41, 5.74) is 3.75. The van der Waals surface area contributed by atoms with Crippen LogP contribution in [-0.4, -0.2) is 78.8 Å². The summed E-state index contributed by atoms with van der Waals surface area (Å²) in [6, 6.07) is 19.6. The molecule has 5 aliphatic rings. The predicted molar refractivity (Wildman–Crippen MR) is 210 cm³/mol. The van der Waals surface area contributed by atoms with Crippen molar-refractivity contribution in [1.82, 2.24) is 15.5 Å². The van der Waals surface area contributed by atoms with Crippen molar-refractivity contribution < 1.29 is 28.7 Å². The molecule has 0 aromatic heterocycles. The van der Waals surface area contributed by atoms with Gasteiger partial charge in [0, 0.05) is 61.6 Å². The van der Waals surface area contributed by atoms with Crippen molar-refractivity contribution in [2.24, 2.45) is 11.8 Å². The van der Waals surface area contributed by atoms with Gasteiger partial charge < -0.3 is 19.9 Å². The summed E-state index contributed by atoms with van der Waals surface area (Å²) in [5.74, 6) is -0.0904. The summed E-state index contributed by atoms with van der Waals surface area (Å²) in [7, 11) is 0. The molecule has 0 bridgehead atoms. The Morgan fingerprint density at radius 3 is 2.00 bits per heavy atom. The molecular weight excluding hydrogens is 732 g/mol. The van der Waals surface area contributed by atoms with Gasteiger partial charge in [0.2, 0.25) is 11.8 Å². The molecule has 56 heavy (non-hydrogen) atoms. The molecule has 0 spiro atoms. The molecule has 4 aliphatic heterocycles. The summed E-state index contributed by atoms with van der Waals surface area (Å²) < 4.78 is 6.10. The first-order valence-corrected chi connectivity index (χ1v) is 20.2. The molecule has 12 nitrogen and oxygen atoms in total. The van der Waals surface area contributed by atoms with Gasteiger partial charge in [0.05, 0.1) is 27.8 Å². The highest BCUT2D eigenvalue weighted by molar-refractivity contribution is 6.31. The molecule has 2 N–H and O–H groups in total. The van der Waals surface area contributed by atoms with E-state index in [9.17, 15) is 24.0 Å². The van der Waals surface area contributed by atoms with Crippen LogP contribution in [-0.2, 0) is 9.59 Å². The van der Waals surface area contributed by atoms with Crippen LogP contribution in [0.3, 0.4) is 0 Å². The highest BCUT2D eigenvalue weighted by Gasteiger charge is 2.45. The zero-order chi connectivity index (χ0) is 38.9. The number of nitrogens with one attached hydrogen (secondary N) is 2. The van der Waals surface area contributed by atoms with Crippen LogP contribution in [0.2, 0.25) is 5.02 Å². The van der Waals surface area contributed by atoms with E-state index >= 15 is 0 Å². The summed E-state index contributed by atoms with van der Waals surface area (Å²) in [4.78, 5) is 69.3. The summed E-state index contributed by atoms with van der Waals surface area (Å²) >= 11 is 6.15. The molecule has 4 heterocycles. The molecule has 3 saturated heterocycles. The topological polar surface area (TPSA) is 152 Å². The molecule has 1 atom stereocenters. The number of imide groups is 2. The number of piperidine rings is 3. The Bertz CT molecular complexity index is 2080. The van der Waals surface area contributed by atoms with Gasteiger partial charge in [-0.2, -0.15) is 5.26 Å². The minimum atomic E-state index is -0.968.